The van der Waals surface area contributed by atoms with Crippen molar-refractivity contribution in [3.8, 4) is 33.8 Å². The van der Waals surface area contributed by atoms with E-state index in [1.165, 1.54) is 0 Å². The number of hydrogen-bond acceptors (Lipinski definition) is 3. The molecule has 1 heterocycles. The second kappa shape index (κ2) is 6.29. The summed E-state index contributed by atoms with van der Waals surface area (Å²) in [4.78, 5) is 4.58. The second-order valence-corrected chi connectivity index (χ2v) is 5.81. The summed E-state index contributed by atoms with van der Waals surface area (Å²) in [6.45, 7) is 0. The molecule has 0 fully saturated rings. The van der Waals surface area contributed by atoms with E-state index in [2.05, 4.69) is 11.1 Å². The zero-order chi connectivity index (χ0) is 17.2. The van der Waals surface area contributed by atoms with Gasteiger partial charge in [0.05, 0.1) is 12.6 Å². The molecule has 0 atom stereocenters. The number of hydrogen-bond donors (Lipinski definition) is 1. The molecule has 0 spiro atoms. The standard InChI is InChI=1S/C22H17NO2/c1-25-16-12-10-15(11-13-16)22-18-7-2-4-8-20(18)23-14-19(22)17-6-3-5-9-21(17)24/h2-14,24H,1H3. The van der Waals surface area contributed by atoms with E-state index in [4.69, 9.17) is 4.74 Å². The molecule has 0 aliphatic heterocycles. The summed E-state index contributed by atoms with van der Waals surface area (Å²) in [5.74, 6) is 1.06. The van der Waals surface area contributed by atoms with Crippen LogP contribution in [0.5, 0.6) is 11.5 Å². The third-order valence-electron chi connectivity index (χ3n) is 4.35. The number of pyridine rings is 1. The number of nitrogens with zero attached hydrogens (tertiary/aromatic N) is 1. The smallest absolute Gasteiger partial charge is 0.123 e. The Hall–Kier alpha value is -3.33. The number of phenolic OH excluding ortho intramolecular Hbond substituents is 1. The molecule has 122 valence electrons. The van der Waals surface area contributed by atoms with Crippen molar-refractivity contribution in [1.82, 2.24) is 4.98 Å². The molecule has 1 aromatic heterocycles. The number of para-hydroxylation sites is 2. The fraction of sp³-hybridized carbons (Fsp3) is 0.0455. The van der Waals surface area contributed by atoms with Crippen LogP contribution >= 0.6 is 0 Å². The maximum Gasteiger partial charge on any atom is 0.123 e. The number of fused-ring (bicyclic) bond motifs is 1. The average Bonchev–Trinajstić information content (AvgIpc) is 2.68. The number of ether oxygens (including phenoxy) is 1. The van der Waals surface area contributed by atoms with Gasteiger partial charge in [-0.2, -0.15) is 0 Å². The minimum absolute atomic E-state index is 0.245. The van der Waals surface area contributed by atoms with Gasteiger partial charge in [-0.1, -0.05) is 48.5 Å². The van der Waals surface area contributed by atoms with Crippen molar-refractivity contribution in [2.75, 3.05) is 7.11 Å². The zero-order valence-electron chi connectivity index (χ0n) is 13.8. The van der Waals surface area contributed by atoms with E-state index in [0.29, 0.717) is 0 Å². The molecule has 0 unspecified atom stereocenters. The van der Waals surface area contributed by atoms with E-state index in [1.54, 1.807) is 13.2 Å². The summed E-state index contributed by atoms with van der Waals surface area (Å²) < 4.78 is 5.27. The van der Waals surface area contributed by atoms with Gasteiger partial charge in [0.1, 0.15) is 11.5 Å². The number of phenols is 1. The van der Waals surface area contributed by atoms with E-state index in [0.717, 1.165) is 38.9 Å². The zero-order valence-corrected chi connectivity index (χ0v) is 13.8. The Balaban J connectivity index is 2.05. The summed E-state index contributed by atoms with van der Waals surface area (Å²) in [6.07, 6.45) is 1.83. The Labute approximate surface area is 146 Å². The highest BCUT2D eigenvalue weighted by atomic mass is 16.5. The second-order valence-electron chi connectivity index (χ2n) is 5.81. The predicted octanol–water partition coefficient (Wildman–Crippen LogP) is 5.28. The summed E-state index contributed by atoms with van der Waals surface area (Å²) in [5, 5.41) is 11.4. The third-order valence-corrected chi connectivity index (χ3v) is 4.35. The van der Waals surface area contributed by atoms with Crippen molar-refractivity contribution in [2.45, 2.75) is 0 Å². The van der Waals surface area contributed by atoms with Gasteiger partial charge in [0.15, 0.2) is 0 Å². The van der Waals surface area contributed by atoms with Crippen LogP contribution in [0.4, 0.5) is 0 Å². The Bertz CT molecular complexity index is 1040. The van der Waals surface area contributed by atoms with Gasteiger partial charge in [-0.15, -0.1) is 0 Å². The number of benzene rings is 3. The van der Waals surface area contributed by atoms with Crippen LogP contribution in [0.2, 0.25) is 0 Å². The summed E-state index contributed by atoms with van der Waals surface area (Å²) in [5.41, 5.74) is 4.70. The van der Waals surface area contributed by atoms with Gasteiger partial charge in [-0.3, -0.25) is 4.98 Å². The lowest BCUT2D eigenvalue weighted by Crippen LogP contribution is -1.91. The van der Waals surface area contributed by atoms with Crippen molar-refractivity contribution < 1.29 is 9.84 Å². The number of aromatic hydroxyl groups is 1. The van der Waals surface area contributed by atoms with Crippen molar-refractivity contribution in [3.63, 3.8) is 0 Å². The van der Waals surface area contributed by atoms with Gasteiger partial charge in [-0.05, 0) is 29.8 Å². The molecule has 0 aliphatic rings. The minimum atomic E-state index is 0.245. The van der Waals surface area contributed by atoms with Crippen LogP contribution in [0.25, 0.3) is 33.2 Å². The SMILES string of the molecule is COc1ccc(-c2c(-c3ccccc3O)cnc3ccccc23)cc1. The summed E-state index contributed by atoms with van der Waals surface area (Å²) >= 11 is 0. The first-order valence-electron chi connectivity index (χ1n) is 8.08. The van der Waals surface area contributed by atoms with Crippen molar-refractivity contribution in [3.05, 3.63) is 79.0 Å². The minimum Gasteiger partial charge on any atom is -0.507 e. The largest absolute Gasteiger partial charge is 0.507 e. The van der Waals surface area contributed by atoms with Gasteiger partial charge in [-0.25, -0.2) is 0 Å². The van der Waals surface area contributed by atoms with Crippen LogP contribution in [-0.2, 0) is 0 Å². The lowest BCUT2D eigenvalue weighted by Gasteiger charge is -2.14. The maximum absolute atomic E-state index is 10.3. The Morgan fingerprint density at radius 3 is 2.28 bits per heavy atom. The first-order valence-corrected chi connectivity index (χ1v) is 8.08. The molecule has 1 N–H and O–H groups in total. The fourth-order valence-electron chi connectivity index (χ4n) is 3.12. The predicted molar refractivity (Wildman–Crippen MR) is 101 cm³/mol. The molecule has 25 heavy (non-hydrogen) atoms. The first kappa shape index (κ1) is 15.2. The number of methoxy groups -OCH3 is 1. The van der Waals surface area contributed by atoms with E-state index >= 15 is 0 Å². The Morgan fingerprint density at radius 2 is 1.52 bits per heavy atom. The monoisotopic (exact) mass is 327 g/mol. The molecule has 0 radical (unpaired) electrons. The molecular formula is C22H17NO2. The molecule has 0 saturated heterocycles. The normalized spacial score (nSPS) is 10.8. The highest BCUT2D eigenvalue weighted by Crippen LogP contribution is 2.40. The van der Waals surface area contributed by atoms with Crippen molar-refractivity contribution >= 4 is 10.9 Å². The van der Waals surface area contributed by atoms with Crippen LogP contribution < -0.4 is 4.74 Å². The topological polar surface area (TPSA) is 42.4 Å². The summed E-state index contributed by atoms with van der Waals surface area (Å²) in [7, 11) is 1.66. The molecule has 3 aromatic carbocycles. The maximum atomic E-state index is 10.3. The quantitative estimate of drug-likeness (QED) is 0.556. The molecular weight excluding hydrogens is 310 g/mol. The third kappa shape index (κ3) is 2.70. The molecule has 4 aromatic rings. The summed E-state index contributed by atoms with van der Waals surface area (Å²) in [6, 6.07) is 23.3. The van der Waals surface area contributed by atoms with E-state index < -0.39 is 0 Å². The van der Waals surface area contributed by atoms with Gasteiger partial charge in [0.2, 0.25) is 0 Å². The highest BCUT2D eigenvalue weighted by Gasteiger charge is 2.15. The molecule has 0 saturated carbocycles. The molecule has 3 nitrogen and oxygen atoms in total. The number of aromatic nitrogens is 1. The highest BCUT2D eigenvalue weighted by molar-refractivity contribution is 6.02. The van der Waals surface area contributed by atoms with Crippen LogP contribution in [0.3, 0.4) is 0 Å². The van der Waals surface area contributed by atoms with Gasteiger partial charge >= 0.3 is 0 Å². The Kier molecular flexibility index (Phi) is 3.82. The van der Waals surface area contributed by atoms with Gasteiger partial charge in [0.25, 0.3) is 0 Å². The number of rotatable bonds is 3. The van der Waals surface area contributed by atoms with Crippen molar-refractivity contribution in [2.24, 2.45) is 0 Å². The average molecular weight is 327 g/mol. The molecule has 0 amide bonds. The molecule has 0 bridgehead atoms. The lowest BCUT2D eigenvalue weighted by molar-refractivity contribution is 0.415. The van der Waals surface area contributed by atoms with E-state index in [9.17, 15) is 5.11 Å². The van der Waals surface area contributed by atoms with E-state index in [1.807, 2.05) is 66.9 Å². The van der Waals surface area contributed by atoms with Gasteiger partial charge in [0, 0.05) is 28.3 Å². The first-order chi connectivity index (χ1) is 12.3. The fourth-order valence-corrected chi connectivity index (χ4v) is 3.12. The van der Waals surface area contributed by atoms with Crippen molar-refractivity contribution in [1.29, 1.82) is 0 Å². The molecule has 4 rings (SSSR count). The van der Waals surface area contributed by atoms with Crippen LogP contribution in [0.1, 0.15) is 0 Å². The van der Waals surface area contributed by atoms with Crippen LogP contribution in [0, 0.1) is 0 Å². The van der Waals surface area contributed by atoms with Gasteiger partial charge < -0.3 is 9.84 Å². The van der Waals surface area contributed by atoms with Crippen LogP contribution in [-0.4, -0.2) is 17.2 Å². The lowest BCUT2D eigenvalue weighted by atomic mass is 9.92. The van der Waals surface area contributed by atoms with Crippen LogP contribution in [0.15, 0.2) is 79.0 Å². The Morgan fingerprint density at radius 1 is 0.800 bits per heavy atom. The van der Waals surface area contributed by atoms with E-state index in [-0.39, 0.29) is 5.75 Å². The molecule has 3 heteroatoms. The molecule has 0 aliphatic carbocycles.